The maximum absolute atomic E-state index is 13.7. The molecular weight excluding hydrogens is 426 g/mol. The van der Waals surface area contributed by atoms with Gasteiger partial charge in [-0.3, -0.25) is 0 Å². The molecule has 1 atom stereocenters. The number of aromatic nitrogens is 3. The van der Waals surface area contributed by atoms with E-state index in [0.717, 1.165) is 0 Å². The molecule has 3 rings (SSSR count). The number of rotatable bonds is 2. The zero-order valence-electron chi connectivity index (χ0n) is 13.1. The summed E-state index contributed by atoms with van der Waals surface area (Å²) in [6.07, 6.45) is -11.6. The van der Waals surface area contributed by atoms with Crippen LogP contribution in [0.15, 0.2) is 12.3 Å². The van der Waals surface area contributed by atoms with E-state index in [-0.39, 0.29) is 0 Å². The highest BCUT2D eigenvalue weighted by atomic mass is 35.5. The van der Waals surface area contributed by atoms with Crippen molar-refractivity contribution in [3.8, 4) is 11.9 Å². The number of hydrogen-bond donors (Lipinski definition) is 1. The minimum absolute atomic E-state index is 0.305. The number of halogens is 9. The summed E-state index contributed by atoms with van der Waals surface area (Å²) in [5, 5.41) is 11.7. The van der Waals surface area contributed by atoms with Gasteiger partial charge in [0, 0.05) is 12.6 Å². The smallest absolute Gasteiger partial charge is 0.383 e. The predicted molar refractivity (Wildman–Crippen MR) is 77.8 cm³/mol. The molecule has 0 bridgehead atoms. The van der Waals surface area contributed by atoms with Crippen molar-refractivity contribution in [2.75, 3.05) is 5.73 Å². The van der Waals surface area contributed by atoms with Gasteiger partial charge in [0.2, 0.25) is 0 Å². The van der Waals surface area contributed by atoms with Crippen molar-refractivity contribution in [1.29, 1.82) is 5.26 Å². The summed E-state index contributed by atoms with van der Waals surface area (Å²) >= 11 is 5.69. The molecule has 1 unspecified atom stereocenters. The molecular formula is C14H6ClF8N5. The van der Waals surface area contributed by atoms with Gasteiger partial charge in [-0.25, -0.2) is 13.8 Å². The van der Waals surface area contributed by atoms with Crippen LogP contribution in [-0.4, -0.2) is 26.9 Å². The fourth-order valence-corrected chi connectivity index (χ4v) is 3.09. The van der Waals surface area contributed by atoms with E-state index < -0.39 is 63.6 Å². The van der Waals surface area contributed by atoms with Crippen molar-refractivity contribution in [1.82, 2.24) is 14.8 Å². The van der Waals surface area contributed by atoms with Crippen LogP contribution >= 0.6 is 11.6 Å². The van der Waals surface area contributed by atoms with Crippen molar-refractivity contribution < 1.29 is 35.1 Å². The van der Waals surface area contributed by atoms with Crippen LogP contribution in [0.1, 0.15) is 23.2 Å². The quantitative estimate of drug-likeness (QED) is 0.722. The number of nitriles is 1. The summed E-state index contributed by atoms with van der Waals surface area (Å²) in [4.78, 5) is 3.36. The molecule has 1 fully saturated rings. The number of nitrogens with zero attached hydrogens (tertiary/aromatic N) is 4. The topological polar surface area (TPSA) is 80.5 Å². The molecule has 150 valence electrons. The maximum Gasteiger partial charge on any atom is 0.417 e. The molecule has 2 heterocycles. The van der Waals surface area contributed by atoms with Crippen LogP contribution in [0.2, 0.25) is 5.02 Å². The highest BCUT2D eigenvalue weighted by molar-refractivity contribution is 6.32. The van der Waals surface area contributed by atoms with Gasteiger partial charge in [-0.1, -0.05) is 11.6 Å². The summed E-state index contributed by atoms with van der Waals surface area (Å²) in [5.41, 5.74) is -1.79. The Labute approximate surface area is 155 Å². The van der Waals surface area contributed by atoms with Gasteiger partial charge in [-0.15, -0.1) is 0 Å². The first kappa shape index (κ1) is 20.1. The Morgan fingerprint density at radius 2 is 1.79 bits per heavy atom. The zero-order chi connectivity index (χ0) is 21.3. The Hall–Kier alpha value is -2.62. The zero-order valence-corrected chi connectivity index (χ0v) is 13.9. The van der Waals surface area contributed by atoms with Crippen LogP contribution in [0.25, 0.3) is 5.82 Å². The SMILES string of the molecule is N#Cc1nn(-c2ncc(C(F)(F)F)cc2Cl)c(N)c1C1(C(F)(F)F)CC1(F)F. The molecule has 1 aliphatic rings. The first-order chi connectivity index (χ1) is 12.7. The lowest BCUT2D eigenvalue weighted by atomic mass is 9.94. The van der Waals surface area contributed by atoms with Gasteiger partial charge in [0.1, 0.15) is 11.9 Å². The van der Waals surface area contributed by atoms with Crippen molar-refractivity contribution in [2.24, 2.45) is 0 Å². The molecule has 0 aliphatic heterocycles. The van der Waals surface area contributed by atoms with Crippen LogP contribution in [0.3, 0.4) is 0 Å². The summed E-state index contributed by atoms with van der Waals surface area (Å²) < 4.78 is 106. The monoisotopic (exact) mass is 431 g/mol. The first-order valence-electron chi connectivity index (χ1n) is 7.14. The molecule has 28 heavy (non-hydrogen) atoms. The lowest BCUT2D eigenvalue weighted by Crippen LogP contribution is -2.35. The molecule has 2 aromatic heterocycles. The van der Waals surface area contributed by atoms with Crippen molar-refractivity contribution in [3.05, 3.63) is 34.1 Å². The van der Waals surface area contributed by atoms with Crippen LogP contribution in [0.4, 0.5) is 40.9 Å². The first-order valence-corrected chi connectivity index (χ1v) is 7.52. The van der Waals surface area contributed by atoms with E-state index in [1.165, 1.54) is 6.07 Å². The number of pyridine rings is 1. The third-order valence-electron chi connectivity index (χ3n) is 4.27. The number of alkyl halides is 8. The molecule has 0 amide bonds. The molecule has 1 saturated carbocycles. The second kappa shape index (κ2) is 5.69. The number of nitrogens with two attached hydrogens (primary N) is 1. The molecule has 0 radical (unpaired) electrons. The van der Waals surface area contributed by atoms with Gasteiger partial charge in [-0.05, 0) is 6.07 Å². The summed E-state index contributed by atoms with van der Waals surface area (Å²) in [5.74, 6) is -5.92. The third-order valence-corrected chi connectivity index (χ3v) is 4.55. The number of anilines is 1. The van der Waals surface area contributed by atoms with E-state index in [9.17, 15) is 35.1 Å². The molecule has 14 heteroatoms. The Morgan fingerprint density at radius 3 is 2.18 bits per heavy atom. The van der Waals surface area contributed by atoms with E-state index in [0.29, 0.717) is 16.9 Å². The summed E-state index contributed by atoms with van der Waals surface area (Å²) in [7, 11) is 0. The van der Waals surface area contributed by atoms with Crippen molar-refractivity contribution in [3.63, 3.8) is 0 Å². The molecule has 5 nitrogen and oxygen atoms in total. The fraction of sp³-hybridized carbons (Fsp3) is 0.357. The standard InChI is InChI=1S/C14H6ClF8N5/c15-6-1-5(13(18,19)20)3-26-10(6)28-9(25)8(7(2-24)27-28)11(14(21,22)23)4-12(11,16)17/h1,3H,4,25H2. The summed E-state index contributed by atoms with van der Waals surface area (Å²) in [6, 6.07) is 1.65. The predicted octanol–water partition coefficient (Wildman–Crippen LogP) is 4.23. The Balaban J connectivity index is 2.22. The van der Waals surface area contributed by atoms with Gasteiger partial charge in [-0.2, -0.15) is 41.4 Å². The van der Waals surface area contributed by atoms with Gasteiger partial charge in [0.25, 0.3) is 5.92 Å². The lowest BCUT2D eigenvalue weighted by Gasteiger charge is -2.20. The average molecular weight is 432 g/mol. The second-order valence-corrected chi connectivity index (χ2v) is 6.35. The van der Waals surface area contributed by atoms with Crippen LogP contribution in [0.5, 0.6) is 0 Å². The van der Waals surface area contributed by atoms with E-state index >= 15 is 0 Å². The summed E-state index contributed by atoms with van der Waals surface area (Å²) in [6.45, 7) is 0. The van der Waals surface area contributed by atoms with E-state index in [1.807, 2.05) is 0 Å². The molecule has 2 aromatic rings. The van der Waals surface area contributed by atoms with Gasteiger partial charge in [0.15, 0.2) is 16.9 Å². The number of hydrogen-bond acceptors (Lipinski definition) is 4. The van der Waals surface area contributed by atoms with Crippen LogP contribution in [-0.2, 0) is 11.6 Å². The van der Waals surface area contributed by atoms with E-state index in [2.05, 4.69) is 10.1 Å². The van der Waals surface area contributed by atoms with Crippen LogP contribution < -0.4 is 5.73 Å². The minimum atomic E-state index is -5.47. The minimum Gasteiger partial charge on any atom is -0.383 e. The van der Waals surface area contributed by atoms with E-state index in [4.69, 9.17) is 22.6 Å². The second-order valence-electron chi connectivity index (χ2n) is 5.94. The van der Waals surface area contributed by atoms with Crippen molar-refractivity contribution in [2.45, 2.75) is 30.1 Å². The fourth-order valence-electron chi connectivity index (χ4n) is 2.84. The maximum atomic E-state index is 13.7. The Bertz CT molecular complexity index is 1000. The van der Waals surface area contributed by atoms with E-state index in [1.54, 1.807) is 0 Å². The Morgan fingerprint density at radius 1 is 1.21 bits per heavy atom. The Kier molecular flexibility index (Phi) is 4.09. The third kappa shape index (κ3) is 2.66. The molecule has 0 aromatic carbocycles. The van der Waals surface area contributed by atoms with Gasteiger partial charge >= 0.3 is 12.4 Å². The number of nitrogen functional groups attached to an aromatic ring is 1. The molecule has 0 spiro atoms. The highest BCUT2D eigenvalue weighted by Gasteiger charge is 2.86. The highest BCUT2D eigenvalue weighted by Crippen LogP contribution is 2.70. The normalized spacial score (nSPS) is 21.4. The van der Waals surface area contributed by atoms with Crippen molar-refractivity contribution >= 4 is 17.4 Å². The van der Waals surface area contributed by atoms with Gasteiger partial charge < -0.3 is 5.73 Å². The lowest BCUT2D eigenvalue weighted by molar-refractivity contribution is -0.182. The van der Waals surface area contributed by atoms with Crippen LogP contribution in [0, 0.1) is 11.3 Å². The molecule has 2 N–H and O–H groups in total. The molecule has 0 saturated heterocycles. The average Bonchev–Trinajstić information content (AvgIpc) is 2.99. The van der Waals surface area contributed by atoms with Gasteiger partial charge in [0.05, 0.1) is 16.1 Å². The molecule has 1 aliphatic carbocycles. The largest absolute Gasteiger partial charge is 0.417 e.